The molecule has 0 heterocycles. The Hall–Kier alpha value is -3.33. The molecule has 0 saturated heterocycles. The highest BCUT2D eigenvalue weighted by atomic mass is 35.5. The van der Waals surface area contributed by atoms with Crippen LogP contribution in [0.4, 0.5) is 5.69 Å². The average molecular weight is 394 g/mol. The third-order valence-corrected chi connectivity index (χ3v) is 3.63. The molecule has 27 heavy (non-hydrogen) atoms. The molecule has 0 saturated carbocycles. The molecule has 1 amide bonds. The third-order valence-electron chi connectivity index (χ3n) is 3.34. The number of rotatable bonds is 7. The molecule has 0 aromatic heterocycles. The molecule has 2 rings (SSSR count). The predicted molar refractivity (Wildman–Crippen MR) is 98.7 cm³/mol. The molecule has 0 aliphatic heterocycles. The van der Waals surface area contributed by atoms with Crippen LogP contribution in [0, 0.1) is 17.0 Å². The summed E-state index contributed by atoms with van der Waals surface area (Å²) in [5, 5.41) is 24.5. The maximum atomic E-state index is 11.8. The van der Waals surface area contributed by atoms with Crippen molar-refractivity contribution in [1.29, 1.82) is 0 Å². The van der Waals surface area contributed by atoms with Gasteiger partial charge in [0.25, 0.3) is 5.91 Å². The lowest BCUT2D eigenvalue weighted by atomic mass is 10.2. The van der Waals surface area contributed by atoms with Gasteiger partial charge in [0.1, 0.15) is 0 Å². The molecule has 2 aromatic rings. The number of hydrogen-bond acceptors (Lipinski definition) is 7. The van der Waals surface area contributed by atoms with E-state index in [0.29, 0.717) is 11.1 Å². The summed E-state index contributed by atoms with van der Waals surface area (Å²) in [6.45, 7) is 1.25. The number of carbonyl (C=O) groups is 1. The van der Waals surface area contributed by atoms with Crippen LogP contribution < -0.4 is 14.9 Å². The van der Waals surface area contributed by atoms with E-state index in [1.165, 1.54) is 37.6 Å². The number of aryl methyl sites for hydroxylation is 1. The van der Waals surface area contributed by atoms with Gasteiger partial charge in [0, 0.05) is 6.07 Å². The summed E-state index contributed by atoms with van der Waals surface area (Å²) in [5.74, 6) is -0.670. The van der Waals surface area contributed by atoms with Crippen LogP contribution in [0.3, 0.4) is 0 Å². The van der Waals surface area contributed by atoms with Gasteiger partial charge in [-0.3, -0.25) is 14.9 Å². The smallest absolute Gasteiger partial charge is 0.311 e. The van der Waals surface area contributed by atoms with Crippen molar-refractivity contribution in [2.75, 3.05) is 13.7 Å². The molecule has 10 heteroatoms. The first kappa shape index (κ1) is 20.0. The Bertz CT molecular complexity index is 900. The molecule has 2 N–H and O–H groups in total. The van der Waals surface area contributed by atoms with E-state index in [4.69, 9.17) is 21.1 Å². The molecule has 0 aliphatic carbocycles. The molecule has 2 aromatic carbocycles. The average Bonchev–Trinajstić information content (AvgIpc) is 2.63. The van der Waals surface area contributed by atoms with Gasteiger partial charge >= 0.3 is 5.69 Å². The van der Waals surface area contributed by atoms with Crippen molar-refractivity contribution in [3.8, 4) is 17.2 Å². The summed E-state index contributed by atoms with van der Waals surface area (Å²) in [6.07, 6.45) is 1.29. The largest absolute Gasteiger partial charge is 0.503 e. The lowest BCUT2D eigenvalue weighted by molar-refractivity contribution is -0.385. The number of nitrogens with zero attached hydrogens (tertiary/aromatic N) is 2. The summed E-state index contributed by atoms with van der Waals surface area (Å²) in [5.41, 5.74) is 3.17. The normalized spacial score (nSPS) is 10.6. The first-order chi connectivity index (χ1) is 12.8. The predicted octanol–water partition coefficient (Wildman–Crippen LogP) is 2.80. The molecule has 0 fully saturated rings. The zero-order valence-electron chi connectivity index (χ0n) is 14.4. The Morgan fingerprint density at radius 1 is 1.37 bits per heavy atom. The summed E-state index contributed by atoms with van der Waals surface area (Å²) >= 11 is 5.85. The molecule has 0 radical (unpaired) electrons. The maximum absolute atomic E-state index is 11.8. The maximum Gasteiger partial charge on any atom is 0.311 e. The fourth-order valence-corrected chi connectivity index (χ4v) is 2.29. The monoisotopic (exact) mass is 393 g/mol. The van der Waals surface area contributed by atoms with Crippen LogP contribution in [0.2, 0.25) is 5.02 Å². The zero-order valence-corrected chi connectivity index (χ0v) is 15.2. The molecule has 0 bridgehead atoms. The molecule has 0 atom stereocenters. The number of benzene rings is 2. The van der Waals surface area contributed by atoms with Gasteiger partial charge in [0.2, 0.25) is 0 Å². The fraction of sp³-hybridized carbons (Fsp3) is 0.176. The lowest BCUT2D eigenvalue weighted by Crippen LogP contribution is -2.24. The van der Waals surface area contributed by atoms with E-state index in [1.807, 2.05) is 0 Å². The number of hydrogen-bond donors (Lipinski definition) is 2. The molecule has 0 unspecified atom stereocenters. The first-order valence-corrected chi connectivity index (χ1v) is 7.96. The number of amides is 1. The molecule has 0 spiro atoms. The second-order valence-electron chi connectivity index (χ2n) is 5.36. The standard InChI is InChI=1S/C17H16ClN3O6/c1-10-3-4-14(13(5-10)21(24)25)27-9-16(22)20-19-8-11-6-12(18)17(23)15(7-11)26-2/h3-8,23H,9H2,1-2H3,(H,20,22)/b19-8-. The van der Waals surface area contributed by atoms with Crippen LogP contribution in [0.15, 0.2) is 35.4 Å². The first-order valence-electron chi connectivity index (χ1n) is 7.58. The SMILES string of the molecule is COc1cc(/C=N\NC(=O)COc2ccc(C)cc2[N+](=O)[O-])cc(Cl)c1O. The number of methoxy groups -OCH3 is 1. The van der Waals surface area contributed by atoms with Gasteiger partial charge in [-0.1, -0.05) is 17.7 Å². The second kappa shape index (κ2) is 8.86. The number of nitro groups is 1. The van der Waals surface area contributed by atoms with E-state index in [9.17, 15) is 20.0 Å². The van der Waals surface area contributed by atoms with Gasteiger partial charge in [-0.05, 0) is 36.2 Å². The number of phenolic OH excluding ortho intramolecular Hbond substituents is 1. The Labute approximate surface area is 159 Å². The van der Waals surface area contributed by atoms with E-state index < -0.39 is 17.4 Å². The minimum Gasteiger partial charge on any atom is -0.503 e. The fourth-order valence-electron chi connectivity index (χ4n) is 2.07. The Kier molecular flexibility index (Phi) is 6.56. The Morgan fingerprint density at radius 2 is 2.11 bits per heavy atom. The van der Waals surface area contributed by atoms with Crippen LogP contribution in [0.25, 0.3) is 0 Å². The number of carbonyl (C=O) groups excluding carboxylic acids is 1. The topological polar surface area (TPSA) is 123 Å². The van der Waals surface area contributed by atoms with Crippen LogP contribution in [0.5, 0.6) is 17.2 Å². The van der Waals surface area contributed by atoms with E-state index >= 15 is 0 Å². The van der Waals surface area contributed by atoms with Gasteiger partial charge in [0.15, 0.2) is 23.9 Å². The second-order valence-corrected chi connectivity index (χ2v) is 5.77. The highest BCUT2D eigenvalue weighted by Gasteiger charge is 2.16. The number of halogens is 1. The van der Waals surface area contributed by atoms with Crippen LogP contribution in [0.1, 0.15) is 11.1 Å². The number of aromatic hydroxyl groups is 1. The van der Waals surface area contributed by atoms with Crippen molar-refractivity contribution < 1.29 is 24.3 Å². The third kappa shape index (κ3) is 5.32. The van der Waals surface area contributed by atoms with E-state index in [-0.39, 0.29) is 28.0 Å². The highest BCUT2D eigenvalue weighted by molar-refractivity contribution is 6.32. The molecule has 0 aliphatic rings. The summed E-state index contributed by atoms with van der Waals surface area (Å²) in [4.78, 5) is 22.2. The van der Waals surface area contributed by atoms with Crippen molar-refractivity contribution in [3.63, 3.8) is 0 Å². The quantitative estimate of drug-likeness (QED) is 0.423. The van der Waals surface area contributed by atoms with E-state index in [2.05, 4.69) is 10.5 Å². The minimum absolute atomic E-state index is 0.0141. The molecular weight excluding hydrogens is 378 g/mol. The molecular formula is C17H16ClN3O6. The van der Waals surface area contributed by atoms with Crippen LogP contribution in [-0.4, -0.2) is 35.9 Å². The van der Waals surface area contributed by atoms with Crippen molar-refractivity contribution in [3.05, 3.63) is 56.6 Å². The zero-order chi connectivity index (χ0) is 20.0. The van der Waals surface area contributed by atoms with Crippen molar-refractivity contribution in [1.82, 2.24) is 5.43 Å². The summed E-state index contributed by atoms with van der Waals surface area (Å²) < 4.78 is 10.1. The number of nitrogens with one attached hydrogen (secondary N) is 1. The number of nitro benzene ring substituents is 1. The molecule has 142 valence electrons. The van der Waals surface area contributed by atoms with Crippen molar-refractivity contribution in [2.24, 2.45) is 5.10 Å². The van der Waals surface area contributed by atoms with Crippen LogP contribution >= 0.6 is 11.6 Å². The number of ether oxygens (including phenoxy) is 2. The van der Waals surface area contributed by atoms with Gasteiger partial charge in [0.05, 0.1) is 23.3 Å². The molecule has 9 nitrogen and oxygen atoms in total. The van der Waals surface area contributed by atoms with Gasteiger partial charge in [-0.15, -0.1) is 0 Å². The van der Waals surface area contributed by atoms with Gasteiger partial charge in [-0.2, -0.15) is 5.10 Å². The summed E-state index contributed by atoms with van der Waals surface area (Å²) in [7, 11) is 1.37. The highest BCUT2D eigenvalue weighted by Crippen LogP contribution is 2.34. The number of hydrazone groups is 1. The number of phenols is 1. The van der Waals surface area contributed by atoms with Gasteiger partial charge in [-0.25, -0.2) is 5.43 Å². The van der Waals surface area contributed by atoms with E-state index in [0.717, 1.165) is 0 Å². The van der Waals surface area contributed by atoms with E-state index in [1.54, 1.807) is 13.0 Å². The minimum atomic E-state index is -0.613. The lowest BCUT2D eigenvalue weighted by Gasteiger charge is -2.07. The van der Waals surface area contributed by atoms with Crippen molar-refractivity contribution >= 4 is 29.4 Å². The Balaban J connectivity index is 1.97. The van der Waals surface area contributed by atoms with Crippen LogP contribution in [-0.2, 0) is 4.79 Å². The van der Waals surface area contributed by atoms with Gasteiger partial charge < -0.3 is 14.6 Å². The summed E-state index contributed by atoms with van der Waals surface area (Å²) in [6, 6.07) is 7.33. The van der Waals surface area contributed by atoms with Crippen molar-refractivity contribution in [2.45, 2.75) is 6.92 Å². The Morgan fingerprint density at radius 3 is 2.78 bits per heavy atom.